The van der Waals surface area contributed by atoms with Gasteiger partial charge in [0.1, 0.15) is 11.6 Å². The molecule has 1 saturated heterocycles. The second-order valence-electron chi connectivity index (χ2n) is 5.21. The monoisotopic (exact) mass is 373 g/mol. The van der Waals surface area contributed by atoms with Crippen molar-refractivity contribution in [2.45, 2.75) is 11.7 Å². The van der Waals surface area contributed by atoms with Crippen LogP contribution in [0.4, 0.5) is 8.78 Å². The summed E-state index contributed by atoms with van der Waals surface area (Å²) in [4.78, 5) is 14.8. The minimum Gasteiger partial charge on any atom is -0.337 e. The van der Waals surface area contributed by atoms with Crippen molar-refractivity contribution in [3.63, 3.8) is 0 Å². The number of carbonyl (C=O) groups excluding carboxylic acids is 1. The number of carbonyl (C=O) groups is 1. The van der Waals surface area contributed by atoms with E-state index in [1.54, 1.807) is 28.8 Å². The van der Waals surface area contributed by atoms with E-state index >= 15 is 0 Å². The van der Waals surface area contributed by atoms with Crippen molar-refractivity contribution < 1.29 is 13.6 Å². The molecule has 0 spiro atoms. The third kappa shape index (κ3) is 3.87. The number of hydrogen-bond acceptors (Lipinski definition) is 3. The lowest BCUT2D eigenvalue weighted by Crippen LogP contribution is -2.32. The fourth-order valence-electron chi connectivity index (χ4n) is 2.57. The first kappa shape index (κ1) is 16.7. The van der Waals surface area contributed by atoms with Crippen LogP contribution in [0.1, 0.15) is 26.9 Å². The van der Waals surface area contributed by atoms with Crippen molar-refractivity contribution in [1.29, 1.82) is 0 Å². The molecule has 1 unspecified atom stereocenters. The zero-order valence-electron chi connectivity index (χ0n) is 12.1. The minimum absolute atomic E-state index is 0.0529. The molecule has 1 fully saturated rings. The first-order chi connectivity index (χ1) is 11.0. The molecule has 1 amide bonds. The van der Waals surface area contributed by atoms with Crippen molar-refractivity contribution >= 4 is 40.6 Å². The summed E-state index contributed by atoms with van der Waals surface area (Å²) in [5.41, 5.74) is 0.378. The van der Waals surface area contributed by atoms with E-state index in [-0.39, 0.29) is 11.2 Å². The van der Waals surface area contributed by atoms with Crippen molar-refractivity contribution in [1.82, 2.24) is 4.90 Å². The lowest BCUT2D eigenvalue weighted by atomic mass is 10.1. The van der Waals surface area contributed by atoms with Crippen molar-refractivity contribution in [3.8, 4) is 0 Å². The quantitative estimate of drug-likeness (QED) is 0.738. The molecule has 7 heteroatoms. The Morgan fingerprint density at radius 1 is 1.22 bits per heavy atom. The van der Waals surface area contributed by atoms with Gasteiger partial charge in [0.2, 0.25) is 0 Å². The highest BCUT2D eigenvalue weighted by atomic mass is 35.5. The molecular formula is C16H14ClF2NOS2. The molecular weight excluding hydrogens is 360 g/mol. The molecule has 1 aliphatic heterocycles. The van der Waals surface area contributed by atoms with Gasteiger partial charge in [-0.1, -0.05) is 11.6 Å². The van der Waals surface area contributed by atoms with Gasteiger partial charge in [0.05, 0.1) is 9.21 Å². The summed E-state index contributed by atoms with van der Waals surface area (Å²) in [7, 11) is 0. The Kier molecular flexibility index (Phi) is 5.24. The molecule has 23 heavy (non-hydrogen) atoms. The standard InChI is InChI=1S/C16H14ClF2NOS2/c17-15-4-3-14(23-15)16(21)20-6-5-13(22-8-7-20)11-9-10(18)1-2-12(11)19/h1-4,9,13H,5-8H2. The van der Waals surface area contributed by atoms with Gasteiger partial charge in [0.15, 0.2) is 0 Å². The lowest BCUT2D eigenvalue weighted by molar-refractivity contribution is 0.0771. The predicted octanol–water partition coefficient (Wildman–Crippen LogP) is 5.00. The fourth-order valence-corrected chi connectivity index (χ4v) is 4.82. The number of halogens is 3. The molecule has 2 aromatic rings. The maximum Gasteiger partial charge on any atom is 0.264 e. The van der Waals surface area contributed by atoms with E-state index in [1.807, 2.05) is 0 Å². The van der Waals surface area contributed by atoms with Crippen LogP contribution in [0.25, 0.3) is 0 Å². The molecule has 122 valence electrons. The van der Waals surface area contributed by atoms with Crippen LogP contribution in [0.3, 0.4) is 0 Å². The highest BCUT2D eigenvalue weighted by Crippen LogP contribution is 2.36. The van der Waals surface area contributed by atoms with Crippen LogP contribution in [-0.4, -0.2) is 29.6 Å². The zero-order chi connectivity index (χ0) is 16.4. The number of nitrogens with zero attached hydrogens (tertiary/aromatic N) is 1. The second kappa shape index (κ2) is 7.20. The molecule has 1 atom stereocenters. The van der Waals surface area contributed by atoms with Gasteiger partial charge in [0, 0.05) is 29.7 Å². The Bertz CT molecular complexity index is 722. The lowest BCUT2D eigenvalue weighted by Gasteiger charge is -2.19. The summed E-state index contributed by atoms with van der Waals surface area (Å²) in [6.45, 7) is 1.11. The summed E-state index contributed by atoms with van der Waals surface area (Å²) in [5, 5.41) is -0.143. The van der Waals surface area contributed by atoms with Crippen molar-refractivity contribution in [3.05, 3.63) is 56.7 Å². The fraction of sp³-hybridized carbons (Fsp3) is 0.312. The van der Waals surface area contributed by atoms with Crippen molar-refractivity contribution in [2.75, 3.05) is 18.8 Å². The van der Waals surface area contributed by atoms with Crippen LogP contribution >= 0.6 is 34.7 Å². The van der Waals surface area contributed by atoms with E-state index in [0.29, 0.717) is 40.0 Å². The Balaban J connectivity index is 1.72. The summed E-state index contributed by atoms with van der Waals surface area (Å²) in [5.74, 6) is -0.199. The van der Waals surface area contributed by atoms with Crippen LogP contribution in [0, 0.1) is 11.6 Å². The zero-order valence-corrected chi connectivity index (χ0v) is 14.5. The SMILES string of the molecule is O=C(c1ccc(Cl)s1)N1CCSC(c2cc(F)ccc2F)CC1. The predicted molar refractivity (Wildman–Crippen MR) is 91.4 cm³/mol. The second-order valence-corrected chi connectivity index (χ2v) is 8.24. The van der Waals surface area contributed by atoms with E-state index in [2.05, 4.69) is 0 Å². The smallest absolute Gasteiger partial charge is 0.264 e. The van der Waals surface area contributed by atoms with E-state index < -0.39 is 11.6 Å². The van der Waals surface area contributed by atoms with E-state index in [1.165, 1.54) is 17.4 Å². The Labute approximate surface area is 146 Å². The normalized spacial score (nSPS) is 18.7. The molecule has 0 radical (unpaired) electrons. The number of amides is 1. The number of hydrogen-bond donors (Lipinski definition) is 0. The molecule has 0 aliphatic carbocycles. The summed E-state index contributed by atoms with van der Waals surface area (Å²) < 4.78 is 27.9. The van der Waals surface area contributed by atoms with Gasteiger partial charge in [-0.2, -0.15) is 11.8 Å². The average molecular weight is 374 g/mol. The third-order valence-corrected chi connectivity index (χ3v) is 6.25. The van der Waals surface area contributed by atoms with E-state index in [9.17, 15) is 13.6 Å². The molecule has 0 saturated carbocycles. The van der Waals surface area contributed by atoms with Crippen LogP contribution in [0.5, 0.6) is 0 Å². The molecule has 3 rings (SSSR count). The maximum atomic E-state index is 13.9. The summed E-state index contributed by atoms with van der Waals surface area (Å²) in [6.07, 6.45) is 0.593. The first-order valence-electron chi connectivity index (χ1n) is 7.16. The number of thioether (sulfide) groups is 1. The van der Waals surface area contributed by atoms with Gasteiger partial charge in [-0.05, 0) is 36.8 Å². The summed E-state index contributed by atoms with van der Waals surface area (Å²) in [6, 6.07) is 6.96. The van der Waals surface area contributed by atoms with Crippen LogP contribution in [0.2, 0.25) is 4.34 Å². The topological polar surface area (TPSA) is 20.3 Å². The number of rotatable bonds is 2. The Morgan fingerprint density at radius 3 is 2.78 bits per heavy atom. The van der Waals surface area contributed by atoms with Gasteiger partial charge in [-0.15, -0.1) is 11.3 Å². The molecule has 2 nitrogen and oxygen atoms in total. The number of thiophene rings is 1. The highest BCUT2D eigenvalue weighted by Gasteiger charge is 2.25. The average Bonchev–Trinajstić information content (AvgIpc) is 2.82. The molecule has 0 bridgehead atoms. The van der Waals surface area contributed by atoms with Gasteiger partial charge < -0.3 is 4.90 Å². The third-order valence-electron chi connectivity index (χ3n) is 3.72. The van der Waals surface area contributed by atoms with Gasteiger partial charge >= 0.3 is 0 Å². The Hall–Kier alpha value is -1.11. The van der Waals surface area contributed by atoms with E-state index in [0.717, 1.165) is 12.1 Å². The number of benzene rings is 1. The minimum atomic E-state index is -0.438. The van der Waals surface area contributed by atoms with E-state index in [4.69, 9.17) is 11.6 Å². The van der Waals surface area contributed by atoms with Gasteiger partial charge in [-0.3, -0.25) is 4.79 Å². The van der Waals surface area contributed by atoms with Gasteiger partial charge in [0.25, 0.3) is 5.91 Å². The molecule has 1 aromatic heterocycles. The maximum absolute atomic E-state index is 13.9. The highest BCUT2D eigenvalue weighted by molar-refractivity contribution is 7.99. The molecule has 1 aliphatic rings. The van der Waals surface area contributed by atoms with Crippen LogP contribution in [0.15, 0.2) is 30.3 Å². The first-order valence-corrected chi connectivity index (χ1v) is 9.40. The molecule has 1 aromatic carbocycles. The molecule has 0 N–H and O–H groups in total. The van der Waals surface area contributed by atoms with Crippen LogP contribution < -0.4 is 0 Å². The van der Waals surface area contributed by atoms with Gasteiger partial charge in [-0.25, -0.2) is 8.78 Å². The summed E-state index contributed by atoms with van der Waals surface area (Å²) >= 11 is 8.69. The largest absolute Gasteiger partial charge is 0.337 e. The van der Waals surface area contributed by atoms with Crippen molar-refractivity contribution in [2.24, 2.45) is 0 Å². The molecule has 2 heterocycles. The Morgan fingerprint density at radius 2 is 2.04 bits per heavy atom. The van der Waals surface area contributed by atoms with Crippen LogP contribution in [-0.2, 0) is 0 Å².